The predicted octanol–water partition coefficient (Wildman–Crippen LogP) is 2.08. The van der Waals surface area contributed by atoms with Gasteiger partial charge in [-0.1, -0.05) is 6.07 Å². The maximum atomic E-state index is 13.3. The number of carbonyl (C=O) groups is 1. The fourth-order valence-electron chi connectivity index (χ4n) is 1.56. The number of benzene rings is 1. The molecule has 0 heterocycles. The van der Waals surface area contributed by atoms with Gasteiger partial charge in [-0.25, -0.2) is 9.18 Å². The van der Waals surface area contributed by atoms with Crippen LogP contribution in [0.25, 0.3) is 0 Å². The summed E-state index contributed by atoms with van der Waals surface area (Å²) in [6.45, 7) is 0. The number of nitrogens with two attached hydrogens (primary N) is 1. The zero-order valence-corrected chi connectivity index (χ0v) is 8.79. The topological polar surface area (TPSA) is 67.1 Å². The molecule has 2 amide bonds. The van der Waals surface area contributed by atoms with Crippen molar-refractivity contribution in [3.8, 4) is 0 Å². The van der Waals surface area contributed by atoms with E-state index in [0.29, 0.717) is 0 Å². The summed E-state index contributed by atoms with van der Waals surface area (Å²) in [5.41, 5.74) is 5.83. The van der Waals surface area contributed by atoms with Crippen LogP contribution in [0.1, 0.15) is 19.3 Å². The summed E-state index contributed by atoms with van der Waals surface area (Å²) >= 11 is 0. The van der Waals surface area contributed by atoms with Gasteiger partial charge in [0, 0.05) is 6.04 Å². The van der Waals surface area contributed by atoms with Gasteiger partial charge >= 0.3 is 6.03 Å². The number of carbonyl (C=O) groups excluding carboxylic acids is 1. The van der Waals surface area contributed by atoms with Gasteiger partial charge in [-0.05, 0) is 31.4 Å². The molecule has 1 aliphatic carbocycles. The van der Waals surface area contributed by atoms with E-state index in [-0.39, 0.29) is 17.4 Å². The van der Waals surface area contributed by atoms with Crippen molar-refractivity contribution < 1.29 is 9.18 Å². The molecule has 0 saturated heterocycles. The van der Waals surface area contributed by atoms with Crippen molar-refractivity contribution in [3.05, 3.63) is 24.0 Å². The second-order valence-corrected chi connectivity index (χ2v) is 3.93. The van der Waals surface area contributed by atoms with Crippen LogP contribution in [0.5, 0.6) is 0 Å². The second kappa shape index (κ2) is 4.38. The Labute approximate surface area is 93.0 Å². The van der Waals surface area contributed by atoms with E-state index in [9.17, 15) is 9.18 Å². The SMILES string of the molecule is Nc1cccc(F)c1NC(=O)NC1CCC1. The van der Waals surface area contributed by atoms with E-state index < -0.39 is 11.8 Å². The minimum atomic E-state index is -0.524. The van der Waals surface area contributed by atoms with Crippen LogP contribution >= 0.6 is 0 Å². The molecule has 1 aromatic carbocycles. The van der Waals surface area contributed by atoms with E-state index in [0.717, 1.165) is 19.3 Å². The number of urea groups is 1. The van der Waals surface area contributed by atoms with Crippen LogP contribution in [-0.4, -0.2) is 12.1 Å². The standard InChI is InChI=1S/C11H14FN3O/c12-8-5-2-6-9(13)10(8)15-11(16)14-7-3-1-4-7/h2,5-7H,1,3-4,13H2,(H2,14,15,16). The average Bonchev–Trinajstić information content (AvgIpc) is 2.18. The molecule has 0 spiro atoms. The van der Waals surface area contributed by atoms with Crippen LogP contribution < -0.4 is 16.4 Å². The number of nitrogen functional groups attached to an aromatic ring is 1. The van der Waals surface area contributed by atoms with Gasteiger partial charge in [-0.3, -0.25) is 0 Å². The van der Waals surface area contributed by atoms with Crippen LogP contribution in [0.4, 0.5) is 20.6 Å². The molecule has 0 bridgehead atoms. The lowest BCUT2D eigenvalue weighted by molar-refractivity contribution is 0.240. The second-order valence-electron chi connectivity index (χ2n) is 3.93. The molecule has 1 fully saturated rings. The van der Waals surface area contributed by atoms with Gasteiger partial charge in [-0.2, -0.15) is 0 Å². The van der Waals surface area contributed by atoms with Crippen molar-refractivity contribution in [2.75, 3.05) is 11.1 Å². The van der Waals surface area contributed by atoms with Gasteiger partial charge in [0.25, 0.3) is 0 Å². The molecule has 4 N–H and O–H groups in total. The highest BCUT2D eigenvalue weighted by atomic mass is 19.1. The van der Waals surface area contributed by atoms with Gasteiger partial charge < -0.3 is 16.4 Å². The molecule has 0 aliphatic heterocycles. The Morgan fingerprint density at radius 3 is 2.75 bits per heavy atom. The molecule has 0 radical (unpaired) electrons. The van der Waals surface area contributed by atoms with Crippen molar-refractivity contribution in [2.24, 2.45) is 0 Å². The number of para-hydroxylation sites is 1. The third-order valence-corrected chi connectivity index (χ3v) is 2.72. The molecule has 5 heteroatoms. The van der Waals surface area contributed by atoms with Crippen molar-refractivity contribution in [1.29, 1.82) is 0 Å². The molecule has 16 heavy (non-hydrogen) atoms. The highest BCUT2D eigenvalue weighted by Gasteiger charge is 2.20. The fourth-order valence-corrected chi connectivity index (χ4v) is 1.56. The largest absolute Gasteiger partial charge is 0.397 e. The first kappa shape index (κ1) is 10.7. The van der Waals surface area contributed by atoms with Gasteiger partial charge in [-0.15, -0.1) is 0 Å². The van der Waals surface area contributed by atoms with Crippen LogP contribution in [0.15, 0.2) is 18.2 Å². The quantitative estimate of drug-likeness (QED) is 0.672. The Bertz CT molecular complexity index is 384. The van der Waals surface area contributed by atoms with Crippen molar-refractivity contribution in [2.45, 2.75) is 25.3 Å². The Hall–Kier alpha value is -1.78. The number of nitrogens with one attached hydrogen (secondary N) is 2. The van der Waals surface area contributed by atoms with E-state index in [4.69, 9.17) is 5.73 Å². The normalized spacial score (nSPS) is 15.3. The zero-order chi connectivity index (χ0) is 11.5. The van der Waals surface area contributed by atoms with Gasteiger partial charge in [0.05, 0.1) is 5.69 Å². The highest BCUT2D eigenvalue weighted by molar-refractivity contribution is 5.92. The first-order valence-electron chi connectivity index (χ1n) is 5.28. The average molecular weight is 223 g/mol. The van der Waals surface area contributed by atoms with Gasteiger partial charge in [0.2, 0.25) is 0 Å². The molecule has 86 valence electrons. The van der Waals surface area contributed by atoms with E-state index >= 15 is 0 Å². The lowest BCUT2D eigenvalue weighted by Crippen LogP contribution is -2.42. The summed E-state index contributed by atoms with van der Waals surface area (Å²) in [6, 6.07) is 4.12. The number of hydrogen-bond acceptors (Lipinski definition) is 2. The maximum absolute atomic E-state index is 13.3. The Morgan fingerprint density at radius 1 is 1.44 bits per heavy atom. The summed E-state index contributed by atoms with van der Waals surface area (Å²) in [7, 11) is 0. The number of hydrogen-bond donors (Lipinski definition) is 3. The zero-order valence-electron chi connectivity index (χ0n) is 8.79. The van der Waals surface area contributed by atoms with E-state index in [2.05, 4.69) is 10.6 Å². The van der Waals surface area contributed by atoms with Crippen molar-refractivity contribution >= 4 is 17.4 Å². The van der Waals surface area contributed by atoms with Crippen molar-refractivity contribution in [1.82, 2.24) is 5.32 Å². The number of anilines is 2. The molecule has 2 rings (SSSR count). The van der Waals surface area contributed by atoms with Crippen LogP contribution in [0, 0.1) is 5.82 Å². The van der Waals surface area contributed by atoms with E-state index in [1.54, 1.807) is 6.07 Å². The minimum absolute atomic E-state index is 0.0410. The maximum Gasteiger partial charge on any atom is 0.319 e. The molecule has 0 unspecified atom stereocenters. The lowest BCUT2D eigenvalue weighted by Gasteiger charge is -2.26. The molecule has 0 atom stereocenters. The van der Waals surface area contributed by atoms with Gasteiger partial charge in [0.15, 0.2) is 0 Å². The molecule has 0 aromatic heterocycles. The third-order valence-electron chi connectivity index (χ3n) is 2.72. The molecule has 1 aromatic rings. The molecular formula is C11H14FN3O. The summed E-state index contributed by atoms with van der Waals surface area (Å²) in [5.74, 6) is -0.524. The number of halogens is 1. The molecule has 1 saturated carbocycles. The Kier molecular flexibility index (Phi) is 2.94. The number of rotatable bonds is 2. The Morgan fingerprint density at radius 2 is 2.19 bits per heavy atom. The summed E-state index contributed by atoms with van der Waals surface area (Å²) in [4.78, 5) is 11.5. The van der Waals surface area contributed by atoms with Gasteiger partial charge in [0.1, 0.15) is 11.5 Å². The molecule has 1 aliphatic rings. The lowest BCUT2D eigenvalue weighted by atomic mass is 9.93. The first-order valence-corrected chi connectivity index (χ1v) is 5.28. The first-order chi connectivity index (χ1) is 7.66. The smallest absolute Gasteiger partial charge is 0.319 e. The number of amides is 2. The van der Waals surface area contributed by atoms with Crippen molar-refractivity contribution in [3.63, 3.8) is 0 Å². The van der Waals surface area contributed by atoms with Crippen LogP contribution in [-0.2, 0) is 0 Å². The monoisotopic (exact) mass is 223 g/mol. The third kappa shape index (κ3) is 2.24. The highest BCUT2D eigenvalue weighted by Crippen LogP contribution is 2.22. The molecule has 4 nitrogen and oxygen atoms in total. The summed E-state index contributed by atoms with van der Waals surface area (Å²) in [6.07, 6.45) is 3.10. The van der Waals surface area contributed by atoms with Crippen LogP contribution in [0.2, 0.25) is 0 Å². The summed E-state index contributed by atoms with van der Waals surface area (Å²) < 4.78 is 13.3. The fraction of sp³-hybridized carbons (Fsp3) is 0.364. The van der Waals surface area contributed by atoms with E-state index in [1.807, 2.05) is 0 Å². The molecular weight excluding hydrogens is 209 g/mol. The predicted molar refractivity (Wildman–Crippen MR) is 60.6 cm³/mol. The summed E-state index contributed by atoms with van der Waals surface area (Å²) in [5, 5.41) is 5.17. The minimum Gasteiger partial charge on any atom is -0.397 e. The Balaban J connectivity index is 1.99. The van der Waals surface area contributed by atoms with E-state index in [1.165, 1.54) is 12.1 Å². The van der Waals surface area contributed by atoms with Crippen LogP contribution in [0.3, 0.4) is 0 Å².